The predicted octanol–water partition coefficient (Wildman–Crippen LogP) is 4.48. The first-order chi connectivity index (χ1) is 9.26. The van der Waals surface area contributed by atoms with Crippen molar-refractivity contribution in [2.45, 2.75) is 64.6 Å². The molecule has 106 valence electrons. The molecule has 0 radical (unpaired) electrons. The van der Waals surface area contributed by atoms with Gasteiger partial charge in [-0.25, -0.2) is 0 Å². The molecule has 0 aliphatic heterocycles. The number of aliphatic hydroxyl groups excluding tert-OH is 1. The van der Waals surface area contributed by atoms with Gasteiger partial charge in [0.25, 0.3) is 0 Å². The molecule has 0 aromatic heterocycles. The summed E-state index contributed by atoms with van der Waals surface area (Å²) in [4.78, 5) is 0. The van der Waals surface area contributed by atoms with Gasteiger partial charge in [-0.15, -0.1) is 0 Å². The highest BCUT2D eigenvalue weighted by Crippen LogP contribution is 2.33. The Morgan fingerprint density at radius 2 is 1.95 bits per heavy atom. The normalized spacial score (nSPS) is 25.0. The van der Waals surface area contributed by atoms with Gasteiger partial charge >= 0.3 is 0 Å². The van der Waals surface area contributed by atoms with Gasteiger partial charge in [0.15, 0.2) is 0 Å². The molecule has 1 aliphatic rings. The maximum atomic E-state index is 10.1. The third-order valence-corrected chi connectivity index (χ3v) is 4.31. The van der Waals surface area contributed by atoms with Crippen LogP contribution in [0.4, 0.5) is 0 Å². The molecule has 1 fully saturated rings. The molecule has 1 aromatic carbocycles. The van der Waals surface area contributed by atoms with Gasteiger partial charge < -0.3 is 9.84 Å². The number of benzene rings is 1. The average Bonchev–Trinajstić information content (AvgIpc) is 2.47. The van der Waals surface area contributed by atoms with Crippen LogP contribution >= 0.6 is 0 Å². The second-order valence-corrected chi connectivity index (χ2v) is 5.57. The predicted molar refractivity (Wildman–Crippen MR) is 78.4 cm³/mol. The van der Waals surface area contributed by atoms with Gasteiger partial charge in [0.1, 0.15) is 11.9 Å². The lowest BCUT2D eigenvalue weighted by Crippen LogP contribution is -2.30. The van der Waals surface area contributed by atoms with E-state index in [1.165, 1.54) is 25.7 Å². The fourth-order valence-corrected chi connectivity index (χ4v) is 3.04. The summed E-state index contributed by atoms with van der Waals surface area (Å²) in [5, 5.41) is 10.1. The van der Waals surface area contributed by atoms with Crippen molar-refractivity contribution in [2.75, 3.05) is 0 Å². The minimum absolute atomic E-state index is 0.323. The summed E-state index contributed by atoms with van der Waals surface area (Å²) in [7, 11) is 0. The summed E-state index contributed by atoms with van der Waals surface area (Å²) < 4.78 is 6.25. The summed E-state index contributed by atoms with van der Waals surface area (Å²) in [6.45, 7) is 4.25. The smallest absolute Gasteiger partial charge is 0.125 e. The third kappa shape index (κ3) is 3.50. The molecular formula is C17H26O2. The number of hydrogen-bond donors (Lipinski definition) is 1. The van der Waals surface area contributed by atoms with Gasteiger partial charge in [0.05, 0.1) is 6.10 Å². The van der Waals surface area contributed by atoms with Crippen molar-refractivity contribution in [3.05, 3.63) is 29.8 Å². The topological polar surface area (TPSA) is 29.5 Å². The molecule has 1 aromatic rings. The van der Waals surface area contributed by atoms with Crippen LogP contribution in [-0.4, -0.2) is 11.2 Å². The zero-order valence-corrected chi connectivity index (χ0v) is 12.1. The van der Waals surface area contributed by atoms with Crippen LogP contribution in [0.5, 0.6) is 5.75 Å². The summed E-state index contributed by atoms with van der Waals surface area (Å²) in [5.74, 6) is 1.54. The number of ether oxygens (including phenoxy) is 1. The van der Waals surface area contributed by atoms with Gasteiger partial charge in [-0.1, -0.05) is 38.5 Å². The lowest BCUT2D eigenvalue weighted by Gasteiger charge is -2.32. The molecule has 2 rings (SSSR count). The fourth-order valence-electron chi connectivity index (χ4n) is 3.04. The highest BCUT2D eigenvalue weighted by molar-refractivity contribution is 5.35. The Labute approximate surface area is 116 Å². The highest BCUT2D eigenvalue weighted by atomic mass is 16.5. The van der Waals surface area contributed by atoms with Crippen LogP contribution in [0.2, 0.25) is 0 Å². The van der Waals surface area contributed by atoms with Crippen molar-refractivity contribution in [1.82, 2.24) is 0 Å². The summed E-state index contributed by atoms with van der Waals surface area (Å²) in [6, 6.07) is 7.94. The van der Waals surface area contributed by atoms with Gasteiger partial charge in [-0.05, 0) is 44.1 Å². The van der Waals surface area contributed by atoms with Gasteiger partial charge in [0, 0.05) is 5.56 Å². The summed E-state index contributed by atoms with van der Waals surface area (Å²) >= 11 is 0. The molecule has 0 bridgehead atoms. The van der Waals surface area contributed by atoms with Crippen LogP contribution < -0.4 is 4.74 Å². The SMILES string of the molecule is CCC(O)c1ccccc1OC1CCCCC1CC. The molecule has 0 heterocycles. The maximum absolute atomic E-state index is 10.1. The number of rotatable bonds is 5. The Balaban J connectivity index is 2.13. The Hall–Kier alpha value is -1.02. The number of hydrogen-bond acceptors (Lipinski definition) is 2. The lowest BCUT2D eigenvalue weighted by atomic mass is 9.84. The zero-order chi connectivity index (χ0) is 13.7. The minimum atomic E-state index is -0.417. The largest absolute Gasteiger partial charge is 0.490 e. The van der Waals surface area contributed by atoms with Crippen LogP contribution in [0.1, 0.15) is 64.0 Å². The highest BCUT2D eigenvalue weighted by Gasteiger charge is 2.26. The minimum Gasteiger partial charge on any atom is -0.490 e. The molecule has 0 spiro atoms. The van der Waals surface area contributed by atoms with Crippen LogP contribution in [0.3, 0.4) is 0 Å². The third-order valence-electron chi connectivity index (χ3n) is 4.31. The van der Waals surface area contributed by atoms with E-state index in [2.05, 4.69) is 6.92 Å². The van der Waals surface area contributed by atoms with Crippen molar-refractivity contribution in [1.29, 1.82) is 0 Å². The van der Waals surface area contributed by atoms with E-state index >= 15 is 0 Å². The Kier molecular flexibility index (Phi) is 5.26. The van der Waals surface area contributed by atoms with Crippen LogP contribution in [0.25, 0.3) is 0 Å². The molecule has 2 heteroatoms. The maximum Gasteiger partial charge on any atom is 0.125 e. The second kappa shape index (κ2) is 6.95. The van der Waals surface area contributed by atoms with Crippen LogP contribution in [0, 0.1) is 5.92 Å². The Bertz CT molecular complexity index is 389. The molecule has 1 aliphatic carbocycles. The van der Waals surface area contributed by atoms with E-state index in [0.717, 1.165) is 24.2 Å². The molecule has 3 atom stereocenters. The molecule has 0 saturated heterocycles. The number of para-hydroxylation sites is 1. The fraction of sp³-hybridized carbons (Fsp3) is 0.647. The molecule has 0 amide bonds. The lowest BCUT2D eigenvalue weighted by molar-refractivity contribution is 0.0841. The zero-order valence-electron chi connectivity index (χ0n) is 12.1. The van der Waals surface area contributed by atoms with E-state index in [9.17, 15) is 5.11 Å². The molecule has 2 nitrogen and oxygen atoms in total. The van der Waals surface area contributed by atoms with Crippen molar-refractivity contribution < 1.29 is 9.84 Å². The molecule has 3 unspecified atom stereocenters. The monoisotopic (exact) mass is 262 g/mol. The summed E-state index contributed by atoms with van der Waals surface area (Å²) in [6.07, 6.45) is 6.83. The average molecular weight is 262 g/mol. The van der Waals surface area contributed by atoms with E-state index in [1.807, 2.05) is 31.2 Å². The molecule has 19 heavy (non-hydrogen) atoms. The van der Waals surface area contributed by atoms with E-state index in [-0.39, 0.29) is 0 Å². The van der Waals surface area contributed by atoms with Crippen molar-refractivity contribution in [3.8, 4) is 5.75 Å². The first-order valence-electron chi connectivity index (χ1n) is 7.69. The molecular weight excluding hydrogens is 236 g/mol. The first kappa shape index (κ1) is 14.4. The summed E-state index contributed by atoms with van der Waals surface area (Å²) in [5.41, 5.74) is 0.936. The molecule has 1 saturated carbocycles. The Morgan fingerprint density at radius 3 is 2.68 bits per heavy atom. The van der Waals surface area contributed by atoms with Gasteiger partial charge in [0.2, 0.25) is 0 Å². The van der Waals surface area contributed by atoms with Crippen LogP contribution in [0.15, 0.2) is 24.3 Å². The van der Waals surface area contributed by atoms with Gasteiger partial charge in [-0.3, -0.25) is 0 Å². The standard InChI is InChI=1S/C17H26O2/c1-3-13-9-5-7-11-16(13)19-17-12-8-6-10-14(17)15(18)4-2/h6,8,10,12-13,15-16,18H,3-5,7,9,11H2,1-2H3. The van der Waals surface area contributed by atoms with E-state index in [1.54, 1.807) is 0 Å². The van der Waals surface area contributed by atoms with E-state index in [0.29, 0.717) is 12.0 Å². The van der Waals surface area contributed by atoms with E-state index < -0.39 is 6.10 Å². The Morgan fingerprint density at radius 1 is 1.21 bits per heavy atom. The van der Waals surface area contributed by atoms with E-state index in [4.69, 9.17) is 4.74 Å². The van der Waals surface area contributed by atoms with Gasteiger partial charge in [-0.2, -0.15) is 0 Å². The van der Waals surface area contributed by atoms with Crippen molar-refractivity contribution in [3.63, 3.8) is 0 Å². The quantitative estimate of drug-likeness (QED) is 0.848. The van der Waals surface area contributed by atoms with Crippen LogP contribution in [-0.2, 0) is 0 Å². The van der Waals surface area contributed by atoms with Crippen molar-refractivity contribution in [2.24, 2.45) is 5.92 Å². The first-order valence-corrected chi connectivity index (χ1v) is 7.69. The number of aliphatic hydroxyl groups is 1. The molecule has 1 N–H and O–H groups in total. The van der Waals surface area contributed by atoms with Crippen molar-refractivity contribution >= 4 is 0 Å². The second-order valence-electron chi connectivity index (χ2n) is 5.57.